The van der Waals surface area contributed by atoms with Gasteiger partial charge in [0, 0.05) is 13.6 Å². The Morgan fingerprint density at radius 2 is 2.00 bits per heavy atom. The van der Waals surface area contributed by atoms with Crippen LogP contribution in [-0.4, -0.2) is 51.5 Å². The van der Waals surface area contributed by atoms with Crippen molar-refractivity contribution in [1.29, 1.82) is 0 Å². The van der Waals surface area contributed by atoms with Gasteiger partial charge in [0.1, 0.15) is 0 Å². The zero-order valence-corrected chi connectivity index (χ0v) is 11.3. The van der Waals surface area contributed by atoms with Crippen LogP contribution >= 0.6 is 0 Å². The number of nitrogens with zero attached hydrogens (tertiary/aromatic N) is 1. The highest BCUT2D eigenvalue weighted by Gasteiger charge is 2.38. The molecule has 0 amide bonds. The molecule has 5 nitrogen and oxygen atoms in total. The summed E-state index contributed by atoms with van der Waals surface area (Å²) in [4.78, 5) is 0. The van der Waals surface area contributed by atoms with Gasteiger partial charge in [0.25, 0.3) is 0 Å². The number of hydrogen-bond donors (Lipinski definition) is 0. The molecule has 0 spiro atoms. The minimum absolute atomic E-state index is 0.00147. The second-order valence-corrected chi connectivity index (χ2v) is 8.79. The van der Waals surface area contributed by atoms with E-state index in [1.807, 2.05) is 6.92 Å². The first-order valence-corrected chi connectivity index (χ1v) is 8.77. The van der Waals surface area contributed by atoms with Gasteiger partial charge in [0.05, 0.1) is 16.8 Å². The number of sulfone groups is 1. The maximum Gasteiger partial charge on any atom is 0.217 e. The van der Waals surface area contributed by atoms with E-state index in [1.165, 1.54) is 11.4 Å². The molecular weight excluding hydrogens is 250 g/mol. The molecule has 0 bridgehead atoms. The van der Waals surface area contributed by atoms with Crippen LogP contribution in [0.15, 0.2) is 0 Å². The van der Waals surface area contributed by atoms with Crippen LogP contribution in [0.25, 0.3) is 0 Å². The molecule has 1 fully saturated rings. The van der Waals surface area contributed by atoms with Crippen LogP contribution in [0.1, 0.15) is 26.2 Å². The summed E-state index contributed by atoms with van der Waals surface area (Å²) in [6, 6.07) is 0. The minimum Gasteiger partial charge on any atom is -0.229 e. The molecule has 0 radical (unpaired) electrons. The number of sulfonamides is 1. The van der Waals surface area contributed by atoms with Crippen LogP contribution in [0, 0.1) is 0 Å². The lowest BCUT2D eigenvalue weighted by atomic mass is 10.3. The van der Waals surface area contributed by atoms with E-state index in [-0.39, 0.29) is 17.9 Å². The molecule has 1 aliphatic rings. The van der Waals surface area contributed by atoms with E-state index in [0.717, 1.165) is 12.8 Å². The van der Waals surface area contributed by atoms with E-state index in [0.29, 0.717) is 6.54 Å². The highest BCUT2D eigenvalue weighted by Crippen LogP contribution is 2.21. The molecule has 0 N–H and O–H groups in total. The van der Waals surface area contributed by atoms with E-state index < -0.39 is 25.1 Å². The summed E-state index contributed by atoms with van der Waals surface area (Å²) in [6.07, 6.45) is 1.96. The van der Waals surface area contributed by atoms with Crippen molar-refractivity contribution in [3.63, 3.8) is 0 Å². The Balaban J connectivity index is 2.72. The van der Waals surface area contributed by atoms with Gasteiger partial charge in [0.2, 0.25) is 10.0 Å². The monoisotopic (exact) mass is 269 g/mol. The molecule has 0 aromatic heterocycles. The van der Waals surface area contributed by atoms with Crippen molar-refractivity contribution in [2.24, 2.45) is 0 Å². The molecule has 0 saturated carbocycles. The van der Waals surface area contributed by atoms with Crippen molar-refractivity contribution in [2.75, 3.05) is 25.1 Å². The fourth-order valence-electron chi connectivity index (χ4n) is 1.76. The van der Waals surface area contributed by atoms with Gasteiger partial charge in [-0.05, 0) is 12.8 Å². The van der Waals surface area contributed by atoms with Crippen molar-refractivity contribution >= 4 is 19.9 Å². The van der Waals surface area contributed by atoms with E-state index in [1.54, 1.807) is 0 Å². The predicted octanol–water partition coefficient (Wildman–Crippen LogP) is 0.235. The van der Waals surface area contributed by atoms with Gasteiger partial charge < -0.3 is 0 Å². The van der Waals surface area contributed by atoms with Gasteiger partial charge in [-0.1, -0.05) is 13.3 Å². The lowest BCUT2D eigenvalue weighted by Crippen LogP contribution is -2.37. The van der Waals surface area contributed by atoms with Crippen LogP contribution in [-0.2, 0) is 19.9 Å². The predicted molar refractivity (Wildman–Crippen MR) is 63.5 cm³/mol. The Bertz CT molecular complexity index is 426. The third kappa shape index (κ3) is 3.18. The quantitative estimate of drug-likeness (QED) is 0.716. The Kier molecular flexibility index (Phi) is 4.36. The largest absolute Gasteiger partial charge is 0.229 e. The maximum absolute atomic E-state index is 12.0. The Morgan fingerprint density at radius 1 is 1.38 bits per heavy atom. The van der Waals surface area contributed by atoms with Crippen molar-refractivity contribution in [1.82, 2.24) is 4.31 Å². The van der Waals surface area contributed by atoms with Crippen molar-refractivity contribution in [2.45, 2.75) is 31.4 Å². The second-order valence-electron chi connectivity index (χ2n) is 4.25. The van der Waals surface area contributed by atoms with Gasteiger partial charge in [-0.15, -0.1) is 0 Å². The Morgan fingerprint density at radius 3 is 2.44 bits per heavy atom. The summed E-state index contributed by atoms with van der Waals surface area (Å²) < 4.78 is 47.8. The van der Waals surface area contributed by atoms with Crippen LogP contribution in [0.4, 0.5) is 0 Å². The van der Waals surface area contributed by atoms with E-state index in [4.69, 9.17) is 0 Å². The van der Waals surface area contributed by atoms with Crippen molar-refractivity contribution < 1.29 is 16.8 Å². The minimum atomic E-state index is -3.43. The van der Waals surface area contributed by atoms with Crippen molar-refractivity contribution in [3.8, 4) is 0 Å². The molecule has 0 aromatic carbocycles. The fourth-order valence-corrected chi connectivity index (χ4v) is 6.07. The molecule has 96 valence electrons. The summed E-state index contributed by atoms with van der Waals surface area (Å²) in [5, 5.41) is -0.737. The second kappa shape index (κ2) is 5.01. The lowest BCUT2D eigenvalue weighted by molar-refractivity contribution is 0.451. The smallest absolute Gasteiger partial charge is 0.217 e. The molecule has 1 rings (SSSR count). The molecule has 7 heteroatoms. The first kappa shape index (κ1) is 13.9. The van der Waals surface area contributed by atoms with E-state index >= 15 is 0 Å². The molecular formula is C9H19NO4S2. The molecule has 1 atom stereocenters. The molecule has 0 aliphatic carbocycles. The van der Waals surface area contributed by atoms with Crippen LogP contribution < -0.4 is 0 Å². The van der Waals surface area contributed by atoms with Crippen LogP contribution in [0.3, 0.4) is 0 Å². The number of rotatable bonds is 5. The van der Waals surface area contributed by atoms with Gasteiger partial charge >= 0.3 is 0 Å². The number of hydrogen-bond acceptors (Lipinski definition) is 4. The number of unbranched alkanes of at least 4 members (excludes halogenated alkanes) is 1. The SMILES string of the molecule is CCCCN(C)S(=O)(=O)[C@@H]1CCS(=O)(=O)C1. The fraction of sp³-hybridized carbons (Fsp3) is 1.00. The topological polar surface area (TPSA) is 71.5 Å². The molecule has 0 unspecified atom stereocenters. The third-order valence-electron chi connectivity index (χ3n) is 2.87. The summed E-state index contributed by atoms with van der Waals surface area (Å²) in [6.45, 7) is 2.45. The highest BCUT2D eigenvalue weighted by molar-refractivity contribution is 7.95. The maximum atomic E-state index is 12.0. The molecule has 1 heterocycles. The summed E-state index contributed by atoms with van der Waals surface area (Å²) >= 11 is 0. The first-order chi connectivity index (χ1) is 7.29. The molecule has 0 aromatic rings. The van der Waals surface area contributed by atoms with E-state index in [9.17, 15) is 16.8 Å². The zero-order chi connectivity index (χ0) is 12.4. The first-order valence-electron chi connectivity index (χ1n) is 5.45. The Labute approximate surface area is 97.8 Å². The lowest BCUT2D eigenvalue weighted by Gasteiger charge is -2.20. The van der Waals surface area contributed by atoms with Crippen molar-refractivity contribution in [3.05, 3.63) is 0 Å². The van der Waals surface area contributed by atoms with Crippen LogP contribution in [0.5, 0.6) is 0 Å². The highest BCUT2D eigenvalue weighted by atomic mass is 32.2. The van der Waals surface area contributed by atoms with Crippen LogP contribution in [0.2, 0.25) is 0 Å². The molecule has 16 heavy (non-hydrogen) atoms. The van der Waals surface area contributed by atoms with E-state index in [2.05, 4.69) is 0 Å². The summed E-state index contributed by atoms with van der Waals surface area (Å²) in [5.74, 6) is -0.218. The van der Waals surface area contributed by atoms with Gasteiger partial charge in [-0.3, -0.25) is 0 Å². The summed E-state index contributed by atoms with van der Waals surface area (Å²) in [5.41, 5.74) is 0. The van der Waals surface area contributed by atoms with Gasteiger partial charge in [0.15, 0.2) is 9.84 Å². The zero-order valence-electron chi connectivity index (χ0n) is 9.72. The summed E-state index contributed by atoms with van der Waals surface area (Å²) in [7, 11) is -5.04. The third-order valence-corrected chi connectivity index (χ3v) is 7.15. The average molecular weight is 269 g/mol. The molecule has 1 saturated heterocycles. The van der Waals surface area contributed by atoms with Gasteiger partial charge in [-0.25, -0.2) is 21.1 Å². The molecule has 1 aliphatic heterocycles. The van der Waals surface area contributed by atoms with Gasteiger partial charge in [-0.2, -0.15) is 0 Å². The Hall–Kier alpha value is -0.140. The standard InChI is InChI=1S/C9H19NO4S2/c1-3-4-6-10(2)16(13,14)9-5-7-15(11,12)8-9/h9H,3-8H2,1-2H3/t9-/m1/s1. The average Bonchev–Trinajstić information content (AvgIpc) is 2.55. The normalized spacial score (nSPS) is 25.1.